The minimum atomic E-state index is -0.452. The predicted molar refractivity (Wildman–Crippen MR) is 176 cm³/mol. The summed E-state index contributed by atoms with van der Waals surface area (Å²) in [7, 11) is 3.26. The normalized spacial score (nSPS) is 14.4. The molecule has 0 saturated heterocycles. The number of rotatable bonds is 7. The zero-order chi connectivity index (χ0) is 32.7. The van der Waals surface area contributed by atoms with E-state index in [2.05, 4.69) is 20.7 Å². The average molecular weight is 619 g/mol. The van der Waals surface area contributed by atoms with Gasteiger partial charge in [0.1, 0.15) is 11.5 Å². The summed E-state index contributed by atoms with van der Waals surface area (Å²) in [6.07, 6.45) is 8.79. The lowest BCUT2D eigenvalue weighted by Crippen LogP contribution is -2.36. The molecule has 4 heterocycles. The van der Waals surface area contributed by atoms with Crippen LogP contribution in [-0.2, 0) is 25.4 Å². The number of anilines is 1. The SMILES string of the molecule is CCn1c(-c2ccc(-n3c(C)nn(C)c3=O)cc2)cc2ccnc(C(=O)NC3C=CC=C(C(=O)Nc4cc(C)cn(C)c4=O)C3)c21. The van der Waals surface area contributed by atoms with E-state index in [1.807, 2.05) is 60.9 Å². The number of nitrogens with zero attached hydrogens (tertiary/aromatic N) is 6. The molecular weight excluding hydrogens is 584 g/mol. The molecule has 0 radical (unpaired) electrons. The summed E-state index contributed by atoms with van der Waals surface area (Å²) < 4.78 is 6.33. The molecule has 1 aromatic carbocycles. The first-order valence-corrected chi connectivity index (χ1v) is 14.9. The number of hydrogen-bond donors (Lipinski definition) is 2. The van der Waals surface area contributed by atoms with E-state index in [0.29, 0.717) is 29.1 Å². The van der Waals surface area contributed by atoms with Crippen molar-refractivity contribution in [3.8, 4) is 16.9 Å². The predicted octanol–water partition coefficient (Wildman–Crippen LogP) is 3.55. The molecule has 0 bridgehead atoms. The number of pyridine rings is 2. The maximum atomic E-state index is 13.7. The van der Waals surface area contributed by atoms with E-state index in [1.54, 1.807) is 56.2 Å². The van der Waals surface area contributed by atoms with Crippen molar-refractivity contribution in [2.75, 3.05) is 5.32 Å². The van der Waals surface area contributed by atoms with Crippen molar-refractivity contribution < 1.29 is 9.59 Å². The number of carbonyl (C=O) groups is 2. The van der Waals surface area contributed by atoms with E-state index in [0.717, 1.165) is 22.2 Å². The van der Waals surface area contributed by atoms with Crippen molar-refractivity contribution in [1.29, 1.82) is 0 Å². The third kappa shape index (κ3) is 5.49. The van der Waals surface area contributed by atoms with Gasteiger partial charge in [-0.05, 0) is 62.2 Å². The van der Waals surface area contributed by atoms with Gasteiger partial charge in [-0.25, -0.2) is 19.0 Å². The summed E-state index contributed by atoms with van der Waals surface area (Å²) in [5.41, 5.74) is 4.47. The molecule has 4 aromatic heterocycles. The summed E-state index contributed by atoms with van der Waals surface area (Å²) in [6.45, 7) is 6.22. The highest BCUT2D eigenvalue weighted by Crippen LogP contribution is 2.30. The van der Waals surface area contributed by atoms with Gasteiger partial charge in [0, 0.05) is 56.1 Å². The van der Waals surface area contributed by atoms with Crippen LogP contribution in [0.4, 0.5) is 5.69 Å². The molecule has 1 aliphatic rings. The van der Waals surface area contributed by atoms with Crippen LogP contribution in [-0.4, -0.2) is 46.3 Å². The number of aryl methyl sites for hydroxylation is 5. The Morgan fingerprint density at radius 1 is 1.02 bits per heavy atom. The van der Waals surface area contributed by atoms with E-state index in [1.165, 1.54) is 9.25 Å². The average Bonchev–Trinajstić information content (AvgIpc) is 3.54. The lowest BCUT2D eigenvalue weighted by atomic mass is 9.99. The van der Waals surface area contributed by atoms with Crippen molar-refractivity contribution in [2.24, 2.45) is 14.1 Å². The molecule has 0 spiro atoms. The van der Waals surface area contributed by atoms with Gasteiger partial charge in [-0.15, -0.1) is 0 Å². The molecule has 46 heavy (non-hydrogen) atoms. The van der Waals surface area contributed by atoms with Crippen LogP contribution in [0.15, 0.2) is 88.2 Å². The molecule has 5 aromatic rings. The van der Waals surface area contributed by atoms with Gasteiger partial charge in [-0.3, -0.25) is 14.4 Å². The fourth-order valence-electron chi connectivity index (χ4n) is 5.97. The molecule has 234 valence electrons. The molecule has 0 saturated carbocycles. The summed E-state index contributed by atoms with van der Waals surface area (Å²) >= 11 is 0. The van der Waals surface area contributed by atoms with Gasteiger partial charge >= 0.3 is 5.69 Å². The number of carbonyl (C=O) groups excluding carboxylic acids is 2. The lowest BCUT2D eigenvalue weighted by Gasteiger charge is -2.20. The van der Waals surface area contributed by atoms with Gasteiger partial charge in [0.2, 0.25) is 0 Å². The Balaban J connectivity index is 1.23. The number of hydrogen-bond acceptors (Lipinski definition) is 6. The third-order valence-electron chi connectivity index (χ3n) is 8.10. The van der Waals surface area contributed by atoms with Crippen LogP contribution in [0.3, 0.4) is 0 Å². The molecule has 2 N–H and O–H groups in total. The maximum Gasteiger partial charge on any atom is 0.350 e. The summed E-state index contributed by atoms with van der Waals surface area (Å²) in [5.74, 6) is -0.168. The summed E-state index contributed by atoms with van der Waals surface area (Å²) in [6, 6.07) is 12.7. The van der Waals surface area contributed by atoms with Gasteiger partial charge in [-0.1, -0.05) is 30.4 Å². The van der Waals surface area contributed by atoms with Gasteiger partial charge in [0.25, 0.3) is 17.4 Å². The lowest BCUT2D eigenvalue weighted by molar-refractivity contribution is -0.113. The highest BCUT2D eigenvalue weighted by Gasteiger charge is 2.24. The van der Waals surface area contributed by atoms with E-state index in [9.17, 15) is 19.2 Å². The standard InChI is InChI=1S/C34H34N8O4/c1-6-41-28(22-10-12-26(13-11-22)42-21(3)38-40(5)34(42)46)18-23-14-15-35-29(30(23)41)32(44)36-25-9-7-8-24(17-25)31(43)37-27-16-20(2)19-39(4)33(27)45/h7-16,18-19,25H,6,17H2,1-5H3,(H,36,44)(H,37,43). The minimum Gasteiger partial charge on any atom is -0.344 e. The molecule has 6 rings (SSSR count). The highest BCUT2D eigenvalue weighted by molar-refractivity contribution is 6.06. The quantitative estimate of drug-likeness (QED) is 0.286. The number of allylic oxidation sites excluding steroid dienone is 2. The van der Waals surface area contributed by atoms with Crippen LogP contribution in [0.5, 0.6) is 0 Å². The Bertz CT molecular complexity index is 2190. The zero-order valence-electron chi connectivity index (χ0n) is 26.2. The maximum absolute atomic E-state index is 13.7. The van der Waals surface area contributed by atoms with Crippen molar-refractivity contribution in [1.82, 2.24) is 33.8 Å². The monoisotopic (exact) mass is 618 g/mol. The van der Waals surface area contributed by atoms with Gasteiger partial charge in [0.15, 0.2) is 5.69 Å². The Morgan fingerprint density at radius 3 is 2.48 bits per heavy atom. The van der Waals surface area contributed by atoms with Gasteiger partial charge in [-0.2, -0.15) is 5.10 Å². The van der Waals surface area contributed by atoms with Crippen LogP contribution in [0.2, 0.25) is 0 Å². The second kappa shape index (κ2) is 12.0. The fraction of sp³-hybridized carbons (Fsp3) is 0.235. The Kier molecular flexibility index (Phi) is 7.86. The van der Waals surface area contributed by atoms with E-state index in [4.69, 9.17) is 0 Å². The highest BCUT2D eigenvalue weighted by atomic mass is 16.2. The Hall–Kier alpha value is -5.78. The molecule has 1 unspecified atom stereocenters. The van der Waals surface area contributed by atoms with Crippen molar-refractivity contribution >= 4 is 28.4 Å². The molecule has 0 fully saturated rings. The van der Waals surface area contributed by atoms with Crippen molar-refractivity contribution in [3.63, 3.8) is 0 Å². The summed E-state index contributed by atoms with van der Waals surface area (Å²) in [5, 5.41) is 10.8. The molecule has 1 atom stereocenters. The molecule has 0 aliphatic heterocycles. The third-order valence-corrected chi connectivity index (χ3v) is 8.10. The zero-order valence-corrected chi connectivity index (χ0v) is 26.2. The van der Waals surface area contributed by atoms with E-state index in [-0.39, 0.29) is 35.0 Å². The van der Waals surface area contributed by atoms with Gasteiger partial charge in [0.05, 0.1) is 17.2 Å². The van der Waals surface area contributed by atoms with Crippen LogP contribution in [0.1, 0.15) is 35.2 Å². The molecule has 12 nitrogen and oxygen atoms in total. The first kappa shape index (κ1) is 30.3. The number of benzene rings is 1. The second-order valence-corrected chi connectivity index (χ2v) is 11.4. The van der Waals surface area contributed by atoms with Crippen LogP contribution < -0.4 is 21.9 Å². The second-order valence-electron chi connectivity index (χ2n) is 11.4. The van der Waals surface area contributed by atoms with E-state index < -0.39 is 11.9 Å². The van der Waals surface area contributed by atoms with Crippen LogP contribution in [0.25, 0.3) is 27.8 Å². The number of fused-ring (bicyclic) bond motifs is 1. The number of aromatic nitrogens is 6. The number of amides is 2. The molecule has 1 aliphatic carbocycles. The molecular formula is C34H34N8O4. The fourth-order valence-corrected chi connectivity index (χ4v) is 5.97. The van der Waals surface area contributed by atoms with Crippen LogP contribution in [0, 0.1) is 13.8 Å². The molecule has 2 amide bonds. The topological polar surface area (TPSA) is 138 Å². The van der Waals surface area contributed by atoms with E-state index >= 15 is 0 Å². The van der Waals surface area contributed by atoms with Crippen LogP contribution >= 0.6 is 0 Å². The Morgan fingerprint density at radius 2 is 1.78 bits per heavy atom. The number of nitrogens with one attached hydrogen (secondary N) is 2. The Labute approximate surface area is 264 Å². The van der Waals surface area contributed by atoms with Crippen molar-refractivity contribution in [3.05, 3.63) is 117 Å². The first-order valence-electron chi connectivity index (χ1n) is 14.9. The largest absolute Gasteiger partial charge is 0.350 e. The molecule has 12 heteroatoms. The summed E-state index contributed by atoms with van der Waals surface area (Å²) in [4.78, 5) is 56.2. The van der Waals surface area contributed by atoms with Crippen molar-refractivity contribution in [2.45, 2.75) is 39.8 Å². The minimum absolute atomic E-state index is 0.200. The first-order chi connectivity index (χ1) is 22.0. The van der Waals surface area contributed by atoms with Gasteiger partial charge < -0.3 is 19.8 Å². The smallest absolute Gasteiger partial charge is 0.344 e.